The Balaban J connectivity index is 1.16. The Kier molecular flexibility index (Phi) is 6.93. The lowest BCUT2D eigenvalue weighted by molar-refractivity contribution is 0.266. The number of benzene rings is 4. The van der Waals surface area contributed by atoms with Crippen molar-refractivity contribution in [2.45, 2.75) is 12.8 Å². The Morgan fingerprint density at radius 3 is 1.00 bits per heavy atom. The molecule has 0 atom stereocenters. The fraction of sp³-hybridized carbons (Fsp3) is 0.143. The molecule has 0 spiro atoms. The molecule has 162 valence electrons. The average molecular weight is 427 g/mol. The monoisotopic (exact) mass is 426 g/mol. The van der Waals surface area contributed by atoms with E-state index < -0.39 is 0 Å². The number of phenolic OH excluding ortho intramolecular Hbond substituents is 2. The van der Waals surface area contributed by atoms with Crippen LogP contribution in [0.3, 0.4) is 0 Å². The summed E-state index contributed by atoms with van der Waals surface area (Å²) in [6.07, 6.45) is 1.82. The summed E-state index contributed by atoms with van der Waals surface area (Å²) < 4.78 is 11.7. The summed E-state index contributed by atoms with van der Waals surface area (Å²) in [6, 6.07) is 30.3. The summed E-state index contributed by atoms with van der Waals surface area (Å²) in [5, 5.41) is 18.8. The molecular formula is C28H26O4. The lowest BCUT2D eigenvalue weighted by Crippen LogP contribution is -2.02. The van der Waals surface area contributed by atoms with E-state index in [0.717, 1.165) is 46.6 Å². The summed E-state index contributed by atoms with van der Waals surface area (Å²) in [5.41, 5.74) is 4.29. The van der Waals surface area contributed by atoms with E-state index in [1.165, 1.54) is 0 Å². The van der Waals surface area contributed by atoms with Crippen LogP contribution in [0.15, 0.2) is 97.1 Å². The molecule has 0 fully saturated rings. The van der Waals surface area contributed by atoms with E-state index in [0.29, 0.717) is 13.2 Å². The van der Waals surface area contributed by atoms with E-state index in [2.05, 4.69) is 0 Å². The molecule has 0 saturated heterocycles. The van der Waals surface area contributed by atoms with Crippen LogP contribution < -0.4 is 9.47 Å². The highest BCUT2D eigenvalue weighted by atomic mass is 16.5. The quantitative estimate of drug-likeness (QED) is 0.294. The molecule has 0 bridgehead atoms. The maximum absolute atomic E-state index is 9.40. The first kappa shape index (κ1) is 21.3. The number of phenols is 2. The third-order valence-corrected chi connectivity index (χ3v) is 5.19. The van der Waals surface area contributed by atoms with Crippen LogP contribution in [0.2, 0.25) is 0 Å². The second kappa shape index (κ2) is 10.4. The average Bonchev–Trinajstić information content (AvgIpc) is 2.83. The van der Waals surface area contributed by atoms with Crippen LogP contribution >= 0.6 is 0 Å². The zero-order valence-electron chi connectivity index (χ0n) is 17.8. The molecule has 0 aliphatic carbocycles. The van der Waals surface area contributed by atoms with Gasteiger partial charge >= 0.3 is 0 Å². The highest BCUT2D eigenvalue weighted by Gasteiger charge is 2.01. The van der Waals surface area contributed by atoms with Gasteiger partial charge in [-0.15, -0.1) is 0 Å². The molecule has 0 heterocycles. The molecule has 4 rings (SSSR count). The van der Waals surface area contributed by atoms with Crippen molar-refractivity contribution in [1.29, 1.82) is 0 Å². The highest BCUT2D eigenvalue weighted by molar-refractivity contribution is 5.65. The van der Waals surface area contributed by atoms with E-state index in [4.69, 9.17) is 9.47 Å². The number of aromatic hydroxyl groups is 2. The molecule has 0 aliphatic rings. The number of ether oxygens (including phenoxy) is 2. The Bertz CT molecular complexity index is 1010. The molecule has 0 unspecified atom stereocenters. The van der Waals surface area contributed by atoms with Crippen molar-refractivity contribution in [3.8, 4) is 45.3 Å². The topological polar surface area (TPSA) is 58.9 Å². The Hall–Kier alpha value is -3.92. The minimum Gasteiger partial charge on any atom is -0.508 e. The standard InChI is InChI=1S/C28H26O4/c29-25-11-3-21(4-12-25)23-7-15-27(16-8-23)31-19-1-2-20-32-28-17-9-24(10-18-28)22-5-13-26(30)14-6-22/h3-18,29-30H,1-2,19-20H2. The van der Waals surface area contributed by atoms with Gasteiger partial charge in [-0.05, 0) is 83.6 Å². The Morgan fingerprint density at radius 1 is 0.406 bits per heavy atom. The van der Waals surface area contributed by atoms with Gasteiger partial charge in [0.1, 0.15) is 23.0 Å². The van der Waals surface area contributed by atoms with Crippen molar-refractivity contribution in [3.63, 3.8) is 0 Å². The lowest BCUT2D eigenvalue weighted by Gasteiger charge is -2.09. The second-order valence-electron chi connectivity index (χ2n) is 7.55. The van der Waals surface area contributed by atoms with Crippen molar-refractivity contribution < 1.29 is 19.7 Å². The third kappa shape index (κ3) is 5.82. The van der Waals surface area contributed by atoms with Gasteiger partial charge in [-0.25, -0.2) is 0 Å². The molecule has 0 aromatic heterocycles. The van der Waals surface area contributed by atoms with Gasteiger partial charge in [-0.2, -0.15) is 0 Å². The second-order valence-corrected chi connectivity index (χ2v) is 7.55. The lowest BCUT2D eigenvalue weighted by atomic mass is 10.1. The fourth-order valence-electron chi connectivity index (χ4n) is 3.38. The van der Waals surface area contributed by atoms with Crippen molar-refractivity contribution in [2.24, 2.45) is 0 Å². The summed E-state index contributed by atoms with van der Waals surface area (Å²) in [4.78, 5) is 0. The van der Waals surface area contributed by atoms with Crippen molar-refractivity contribution >= 4 is 0 Å². The number of hydrogen-bond acceptors (Lipinski definition) is 4. The normalized spacial score (nSPS) is 10.6. The van der Waals surface area contributed by atoms with Crippen LogP contribution in [0.25, 0.3) is 22.3 Å². The van der Waals surface area contributed by atoms with E-state index >= 15 is 0 Å². The van der Waals surface area contributed by atoms with Gasteiger partial charge in [0.2, 0.25) is 0 Å². The summed E-state index contributed by atoms with van der Waals surface area (Å²) >= 11 is 0. The van der Waals surface area contributed by atoms with Gasteiger partial charge in [0.15, 0.2) is 0 Å². The molecule has 4 aromatic carbocycles. The van der Waals surface area contributed by atoms with E-state index in [-0.39, 0.29) is 11.5 Å². The summed E-state index contributed by atoms with van der Waals surface area (Å²) in [7, 11) is 0. The van der Waals surface area contributed by atoms with Crippen LogP contribution in [0.5, 0.6) is 23.0 Å². The van der Waals surface area contributed by atoms with Crippen LogP contribution in [-0.2, 0) is 0 Å². The number of rotatable bonds is 9. The maximum Gasteiger partial charge on any atom is 0.119 e. The molecule has 0 radical (unpaired) electrons. The Labute approximate surface area is 188 Å². The molecule has 0 saturated carbocycles. The van der Waals surface area contributed by atoms with Crippen molar-refractivity contribution in [3.05, 3.63) is 97.1 Å². The van der Waals surface area contributed by atoms with E-state index in [1.54, 1.807) is 24.3 Å². The zero-order valence-corrected chi connectivity index (χ0v) is 17.8. The van der Waals surface area contributed by atoms with Gasteiger partial charge in [-0.3, -0.25) is 0 Å². The minimum absolute atomic E-state index is 0.267. The molecule has 4 aromatic rings. The largest absolute Gasteiger partial charge is 0.508 e. The molecule has 32 heavy (non-hydrogen) atoms. The summed E-state index contributed by atoms with van der Waals surface area (Å²) in [5.74, 6) is 2.23. The molecule has 0 amide bonds. The van der Waals surface area contributed by atoms with Crippen LogP contribution in [-0.4, -0.2) is 23.4 Å². The van der Waals surface area contributed by atoms with E-state index in [9.17, 15) is 10.2 Å². The van der Waals surface area contributed by atoms with Crippen molar-refractivity contribution in [1.82, 2.24) is 0 Å². The Morgan fingerprint density at radius 2 is 0.688 bits per heavy atom. The van der Waals surface area contributed by atoms with Gasteiger partial charge in [0.25, 0.3) is 0 Å². The first-order chi connectivity index (χ1) is 15.7. The molecule has 2 N–H and O–H groups in total. The zero-order chi connectivity index (χ0) is 22.2. The molecule has 4 nitrogen and oxygen atoms in total. The predicted octanol–water partition coefficient (Wildman–Crippen LogP) is 6.67. The third-order valence-electron chi connectivity index (χ3n) is 5.19. The van der Waals surface area contributed by atoms with Gasteiger partial charge < -0.3 is 19.7 Å². The van der Waals surface area contributed by atoms with Crippen LogP contribution in [0.4, 0.5) is 0 Å². The minimum atomic E-state index is 0.267. The number of hydrogen-bond donors (Lipinski definition) is 2. The highest BCUT2D eigenvalue weighted by Crippen LogP contribution is 2.25. The predicted molar refractivity (Wildman–Crippen MR) is 127 cm³/mol. The molecule has 4 heteroatoms. The summed E-state index contributed by atoms with van der Waals surface area (Å²) in [6.45, 7) is 1.28. The first-order valence-electron chi connectivity index (χ1n) is 10.7. The SMILES string of the molecule is Oc1ccc(-c2ccc(OCCCCOc3ccc(-c4ccc(O)cc4)cc3)cc2)cc1. The van der Waals surface area contributed by atoms with Crippen LogP contribution in [0, 0.1) is 0 Å². The fourth-order valence-corrected chi connectivity index (χ4v) is 3.38. The van der Waals surface area contributed by atoms with Gasteiger partial charge in [0, 0.05) is 0 Å². The van der Waals surface area contributed by atoms with E-state index in [1.807, 2.05) is 72.8 Å². The van der Waals surface area contributed by atoms with Gasteiger partial charge in [-0.1, -0.05) is 48.5 Å². The first-order valence-corrected chi connectivity index (χ1v) is 10.7. The van der Waals surface area contributed by atoms with Gasteiger partial charge in [0.05, 0.1) is 13.2 Å². The number of unbranched alkanes of at least 4 members (excludes halogenated alkanes) is 1. The molecular weight excluding hydrogens is 400 g/mol. The smallest absolute Gasteiger partial charge is 0.119 e. The maximum atomic E-state index is 9.40. The van der Waals surface area contributed by atoms with Crippen molar-refractivity contribution in [2.75, 3.05) is 13.2 Å². The molecule has 0 aliphatic heterocycles. The van der Waals surface area contributed by atoms with Crippen LogP contribution in [0.1, 0.15) is 12.8 Å².